The van der Waals surface area contributed by atoms with Crippen LogP contribution in [0.2, 0.25) is 5.02 Å². The van der Waals surface area contributed by atoms with Crippen molar-refractivity contribution in [3.8, 4) is 0 Å². The molecule has 0 aliphatic rings. The molecule has 0 atom stereocenters. The fourth-order valence-electron chi connectivity index (χ4n) is 1.75. The zero-order chi connectivity index (χ0) is 14.5. The fraction of sp³-hybridized carbons (Fsp3) is 0.133. The van der Waals surface area contributed by atoms with Crippen molar-refractivity contribution in [1.82, 2.24) is 0 Å². The minimum atomic E-state index is -0.389. The quantitative estimate of drug-likeness (QED) is 0.822. The molecule has 0 amide bonds. The molecule has 0 radical (unpaired) electrons. The van der Waals surface area contributed by atoms with E-state index in [2.05, 4.69) is 21.2 Å². The first-order valence-electron chi connectivity index (χ1n) is 5.96. The smallest absolute Gasteiger partial charge is 0.339 e. The van der Waals surface area contributed by atoms with Gasteiger partial charge >= 0.3 is 5.97 Å². The largest absolute Gasteiger partial charge is 0.465 e. The number of nitrogens with one attached hydrogen (secondary N) is 1. The third kappa shape index (κ3) is 3.74. The molecule has 104 valence electrons. The predicted molar refractivity (Wildman–Crippen MR) is 84.3 cm³/mol. The SMILES string of the molecule is COC(=O)c1ccc(Cl)cc1NCc1ccc(Br)cc1. The van der Waals surface area contributed by atoms with E-state index in [-0.39, 0.29) is 5.97 Å². The van der Waals surface area contributed by atoms with Gasteiger partial charge in [-0.1, -0.05) is 39.7 Å². The normalized spacial score (nSPS) is 10.2. The molecule has 2 aromatic rings. The van der Waals surface area contributed by atoms with Gasteiger partial charge in [-0.25, -0.2) is 4.79 Å². The van der Waals surface area contributed by atoms with Crippen LogP contribution in [-0.2, 0) is 11.3 Å². The van der Waals surface area contributed by atoms with Gasteiger partial charge in [0.15, 0.2) is 0 Å². The lowest BCUT2D eigenvalue weighted by Gasteiger charge is -2.11. The summed E-state index contributed by atoms with van der Waals surface area (Å²) in [7, 11) is 1.36. The summed E-state index contributed by atoms with van der Waals surface area (Å²) in [5.41, 5.74) is 2.23. The Bertz CT molecular complexity index is 614. The molecule has 3 nitrogen and oxygen atoms in total. The first kappa shape index (κ1) is 14.9. The number of hydrogen-bond acceptors (Lipinski definition) is 3. The molecule has 0 aromatic heterocycles. The van der Waals surface area contributed by atoms with Crippen LogP contribution in [0.3, 0.4) is 0 Å². The number of anilines is 1. The molecule has 0 aliphatic heterocycles. The van der Waals surface area contributed by atoms with E-state index in [1.165, 1.54) is 7.11 Å². The summed E-state index contributed by atoms with van der Waals surface area (Å²) in [5.74, 6) is -0.389. The summed E-state index contributed by atoms with van der Waals surface area (Å²) in [5, 5.41) is 3.77. The molecule has 2 rings (SSSR count). The van der Waals surface area contributed by atoms with Crippen molar-refractivity contribution in [1.29, 1.82) is 0 Å². The van der Waals surface area contributed by atoms with Crippen molar-refractivity contribution in [3.63, 3.8) is 0 Å². The Kier molecular flexibility index (Phi) is 5.04. The Morgan fingerprint density at radius 3 is 2.60 bits per heavy atom. The number of methoxy groups -OCH3 is 1. The molecule has 0 fully saturated rings. The zero-order valence-corrected chi connectivity index (χ0v) is 13.2. The third-order valence-corrected chi connectivity index (χ3v) is 3.55. The maximum absolute atomic E-state index is 11.7. The first-order chi connectivity index (χ1) is 9.60. The number of hydrogen-bond donors (Lipinski definition) is 1. The van der Waals surface area contributed by atoms with E-state index in [9.17, 15) is 4.79 Å². The Hall–Kier alpha value is -1.52. The minimum absolute atomic E-state index is 0.389. The molecule has 0 bridgehead atoms. The van der Waals surface area contributed by atoms with Gasteiger partial charge in [-0.2, -0.15) is 0 Å². The van der Waals surface area contributed by atoms with Crippen LogP contribution in [-0.4, -0.2) is 13.1 Å². The molecule has 0 saturated heterocycles. The van der Waals surface area contributed by atoms with Crippen molar-refractivity contribution < 1.29 is 9.53 Å². The molecular weight excluding hydrogens is 342 g/mol. The van der Waals surface area contributed by atoms with Crippen LogP contribution in [0.1, 0.15) is 15.9 Å². The molecule has 0 saturated carbocycles. The Labute approximate surface area is 131 Å². The van der Waals surface area contributed by atoms with Crippen LogP contribution < -0.4 is 5.32 Å². The van der Waals surface area contributed by atoms with E-state index in [0.29, 0.717) is 22.8 Å². The van der Waals surface area contributed by atoms with Crippen LogP contribution in [0.25, 0.3) is 0 Å². The number of carbonyl (C=O) groups is 1. The van der Waals surface area contributed by atoms with E-state index in [0.717, 1.165) is 10.0 Å². The Morgan fingerprint density at radius 1 is 1.25 bits per heavy atom. The predicted octanol–water partition coefficient (Wildman–Crippen LogP) is 4.50. The highest BCUT2D eigenvalue weighted by Crippen LogP contribution is 2.22. The van der Waals surface area contributed by atoms with Crippen molar-refractivity contribution in [2.45, 2.75) is 6.54 Å². The monoisotopic (exact) mass is 353 g/mol. The minimum Gasteiger partial charge on any atom is -0.465 e. The van der Waals surface area contributed by atoms with Gasteiger partial charge in [-0.3, -0.25) is 0 Å². The summed E-state index contributed by atoms with van der Waals surface area (Å²) in [6.45, 7) is 0.595. The van der Waals surface area contributed by atoms with Crippen LogP contribution in [0, 0.1) is 0 Å². The van der Waals surface area contributed by atoms with Crippen molar-refractivity contribution in [2.24, 2.45) is 0 Å². The van der Waals surface area contributed by atoms with Gasteiger partial charge in [0.05, 0.1) is 18.4 Å². The number of rotatable bonds is 4. The van der Waals surface area contributed by atoms with Gasteiger partial charge in [0.2, 0.25) is 0 Å². The van der Waals surface area contributed by atoms with Crippen molar-refractivity contribution >= 4 is 39.2 Å². The standard InChI is InChI=1S/C15H13BrClNO2/c1-20-15(19)13-7-6-12(17)8-14(13)18-9-10-2-4-11(16)5-3-10/h2-8,18H,9H2,1H3. The van der Waals surface area contributed by atoms with Gasteiger partial charge in [0, 0.05) is 16.0 Å². The van der Waals surface area contributed by atoms with Crippen molar-refractivity contribution in [3.05, 3.63) is 63.1 Å². The summed E-state index contributed by atoms with van der Waals surface area (Å²) in [4.78, 5) is 11.7. The molecule has 0 heterocycles. The van der Waals surface area contributed by atoms with Crippen LogP contribution >= 0.6 is 27.5 Å². The second-order valence-electron chi connectivity index (χ2n) is 4.16. The van der Waals surface area contributed by atoms with Gasteiger partial charge in [0.25, 0.3) is 0 Å². The molecule has 2 aromatic carbocycles. The number of benzene rings is 2. The van der Waals surface area contributed by atoms with Crippen LogP contribution in [0.15, 0.2) is 46.9 Å². The molecule has 20 heavy (non-hydrogen) atoms. The topological polar surface area (TPSA) is 38.3 Å². The second kappa shape index (κ2) is 6.77. The first-order valence-corrected chi connectivity index (χ1v) is 7.13. The zero-order valence-electron chi connectivity index (χ0n) is 10.8. The molecule has 5 heteroatoms. The summed E-state index contributed by atoms with van der Waals surface area (Å²) in [6.07, 6.45) is 0. The Morgan fingerprint density at radius 2 is 1.95 bits per heavy atom. The highest BCUT2D eigenvalue weighted by atomic mass is 79.9. The number of halogens is 2. The van der Waals surface area contributed by atoms with Gasteiger partial charge in [0.1, 0.15) is 0 Å². The lowest BCUT2D eigenvalue weighted by molar-refractivity contribution is 0.0602. The summed E-state index contributed by atoms with van der Waals surface area (Å²) >= 11 is 9.36. The van der Waals surface area contributed by atoms with Crippen LogP contribution in [0.4, 0.5) is 5.69 Å². The lowest BCUT2D eigenvalue weighted by Crippen LogP contribution is -2.08. The third-order valence-electron chi connectivity index (χ3n) is 2.78. The average molecular weight is 355 g/mol. The highest BCUT2D eigenvalue weighted by Gasteiger charge is 2.11. The molecule has 1 N–H and O–H groups in total. The lowest BCUT2D eigenvalue weighted by atomic mass is 10.1. The molecule has 0 spiro atoms. The second-order valence-corrected chi connectivity index (χ2v) is 5.51. The van der Waals surface area contributed by atoms with E-state index in [1.54, 1.807) is 18.2 Å². The van der Waals surface area contributed by atoms with E-state index < -0.39 is 0 Å². The summed E-state index contributed by atoms with van der Waals surface area (Å²) in [6, 6.07) is 13.0. The number of ether oxygens (including phenoxy) is 1. The van der Waals surface area contributed by atoms with E-state index in [1.807, 2.05) is 24.3 Å². The number of carbonyl (C=O) groups excluding carboxylic acids is 1. The molecule has 0 unspecified atom stereocenters. The van der Waals surface area contributed by atoms with E-state index >= 15 is 0 Å². The van der Waals surface area contributed by atoms with Crippen LogP contribution in [0.5, 0.6) is 0 Å². The van der Waals surface area contributed by atoms with E-state index in [4.69, 9.17) is 16.3 Å². The number of esters is 1. The van der Waals surface area contributed by atoms with Gasteiger partial charge in [-0.15, -0.1) is 0 Å². The maximum atomic E-state index is 11.7. The van der Waals surface area contributed by atoms with Crippen molar-refractivity contribution in [2.75, 3.05) is 12.4 Å². The van der Waals surface area contributed by atoms with Gasteiger partial charge in [-0.05, 0) is 35.9 Å². The maximum Gasteiger partial charge on any atom is 0.339 e. The average Bonchev–Trinajstić information content (AvgIpc) is 2.46. The fourth-order valence-corrected chi connectivity index (χ4v) is 2.19. The van der Waals surface area contributed by atoms with Gasteiger partial charge < -0.3 is 10.1 Å². The molecular formula is C15H13BrClNO2. The highest BCUT2D eigenvalue weighted by molar-refractivity contribution is 9.10. The molecule has 0 aliphatic carbocycles. The Balaban J connectivity index is 2.17. The summed E-state index contributed by atoms with van der Waals surface area (Å²) < 4.78 is 5.78.